The minimum atomic E-state index is -1.49. The Morgan fingerprint density at radius 3 is 2.65 bits per heavy atom. The number of phenolic OH excluding ortho intramolecular Hbond substituents is 1. The number of ether oxygens (including phenoxy) is 2. The van der Waals surface area contributed by atoms with Crippen LogP contribution in [0, 0.1) is 0 Å². The van der Waals surface area contributed by atoms with E-state index in [0.29, 0.717) is 29.5 Å². The van der Waals surface area contributed by atoms with Crippen LogP contribution in [0.5, 0.6) is 17.2 Å². The predicted octanol–water partition coefficient (Wildman–Crippen LogP) is 2.85. The van der Waals surface area contributed by atoms with Crippen LogP contribution in [-0.4, -0.2) is 36.0 Å². The number of benzene rings is 1. The first-order chi connectivity index (χ1) is 14.8. The molecule has 0 fully saturated rings. The molecule has 1 aliphatic carbocycles. The fraction of sp³-hybridized carbons (Fsp3) is 0.304. The molecule has 164 valence electrons. The molecule has 2 N–H and O–H groups in total. The van der Waals surface area contributed by atoms with E-state index in [1.165, 1.54) is 38.7 Å². The third-order valence-electron chi connectivity index (χ3n) is 5.26. The summed E-state index contributed by atoms with van der Waals surface area (Å²) in [6.45, 7) is 1.75. The van der Waals surface area contributed by atoms with E-state index in [4.69, 9.17) is 9.47 Å². The molecule has 1 unspecified atom stereocenters. The van der Waals surface area contributed by atoms with Crippen LogP contribution >= 0.6 is 0 Å². The second kappa shape index (κ2) is 9.45. The van der Waals surface area contributed by atoms with Gasteiger partial charge in [-0.3, -0.25) is 9.59 Å². The Bertz CT molecular complexity index is 1100. The Morgan fingerprint density at radius 1 is 1.29 bits per heavy atom. The molecular weight excluding hydrogens is 418 g/mol. The molecule has 0 heterocycles. The highest BCUT2D eigenvalue weighted by Crippen LogP contribution is 2.49. The lowest BCUT2D eigenvalue weighted by atomic mass is 9.95. The molecule has 7 nitrogen and oxygen atoms in total. The molecule has 1 aliphatic rings. The van der Waals surface area contributed by atoms with E-state index in [1.54, 1.807) is 25.1 Å². The normalized spacial score (nSPS) is 16.1. The number of nitrogens with one attached hydrogen (secondary N) is 1. The Balaban J connectivity index is 2.36. The van der Waals surface area contributed by atoms with E-state index in [0.717, 1.165) is 5.56 Å². The Hall–Kier alpha value is -2.97. The maximum absolute atomic E-state index is 12.8. The van der Waals surface area contributed by atoms with Gasteiger partial charge in [0, 0.05) is 5.56 Å². The number of carbonyl (C=O) groups excluding carboxylic acids is 1. The first kappa shape index (κ1) is 22.7. The highest BCUT2D eigenvalue weighted by Gasteiger charge is 2.29. The standard InChI is InChI=1S/C23H25NO6S/c1-5-6-20(26)24-16-9-7-13-11-18(29-2)22(27)23(30-3)21(13)14-8-10-19(31(4)28)17(25)12-15(14)16/h5-6,8,10-12,16,27H,7,9H2,1-4H3,(H,24,26)/b6-5+/t16-,31?/m0/s1. The summed E-state index contributed by atoms with van der Waals surface area (Å²) >= 11 is -1.49. The van der Waals surface area contributed by atoms with Crippen molar-refractivity contribution in [3.05, 3.63) is 57.8 Å². The molecule has 31 heavy (non-hydrogen) atoms. The molecule has 0 saturated carbocycles. The maximum Gasteiger partial charge on any atom is 0.244 e. The van der Waals surface area contributed by atoms with Crippen LogP contribution in [0.1, 0.15) is 30.5 Å². The van der Waals surface area contributed by atoms with Crippen molar-refractivity contribution in [3.8, 4) is 28.4 Å². The lowest BCUT2D eigenvalue weighted by molar-refractivity contribution is -0.117. The number of hydrogen-bond acceptors (Lipinski definition) is 6. The summed E-state index contributed by atoms with van der Waals surface area (Å²) in [6.07, 6.45) is 5.55. The van der Waals surface area contributed by atoms with Gasteiger partial charge < -0.3 is 24.4 Å². The number of hydrogen-bond donors (Lipinski definition) is 2. The first-order valence-corrected chi connectivity index (χ1v) is 11.3. The fourth-order valence-electron chi connectivity index (χ4n) is 3.88. The molecule has 1 amide bonds. The number of aryl methyl sites for hydroxylation is 1. The predicted molar refractivity (Wildman–Crippen MR) is 119 cm³/mol. The van der Waals surface area contributed by atoms with Crippen LogP contribution in [-0.2, 0) is 22.4 Å². The summed E-state index contributed by atoms with van der Waals surface area (Å²) in [5, 5.41) is 13.6. The van der Waals surface area contributed by atoms with Gasteiger partial charge in [0.15, 0.2) is 16.4 Å². The van der Waals surface area contributed by atoms with E-state index in [1.807, 2.05) is 0 Å². The van der Waals surface area contributed by atoms with Crippen LogP contribution in [0.3, 0.4) is 0 Å². The van der Waals surface area contributed by atoms with Crippen LogP contribution in [0.15, 0.2) is 46.1 Å². The number of fused-ring (bicyclic) bond motifs is 3. The van der Waals surface area contributed by atoms with Gasteiger partial charge >= 0.3 is 0 Å². The van der Waals surface area contributed by atoms with Crippen molar-refractivity contribution in [3.63, 3.8) is 0 Å². The molecule has 0 bridgehead atoms. The minimum absolute atomic E-state index is 0.153. The summed E-state index contributed by atoms with van der Waals surface area (Å²) in [6, 6.07) is 5.90. The largest absolute Gasteiger partial charge is 0.612 e. The molecule has 0 aromatic heterocycles. The van der Waals surface area contributed by atoms with Crippen molar-refractivity contribution in [2.75, 3.05) is 20.5 Å². The van der Waals surface area contributed by atoms with Crippen molar-refractivity contribution >= 4 is 17.1 Å². The van der Waals surface area contributed by atoms with Gasteiger partial charge in [-0.1, -0.05) is 6.08 Å². The topological polar surface area (TPSA) is 108 Å². The Morgan fingerprint density at radius 2 is 2.03 bits per heavy atom. The van der Waals surface area contributed by atoms with Crippen LogP contribution in [0.2, 0.25) is 0 Å². The van der Waals surface area contributed by atoms with Gasteiger partial charge in [0.1, 0.15) is 6.26 Å². The van der Waals surface area contributed by atoms with E-state index in [2.05, 4.69) is 5.32 Å². The van der Waals surface area contributed by atoms with Crippen molar-refractivity contribution in [1.29, 1.82) is 0 Å². The van der Waals surface area contributed by atoms with Gasteiger partial charge in [-0.2, -0.15) is 0 Å². The SMILES string of the molecule is C/C=C/C(=O)N[C@H]1CCc2cc(OC)c(O)c(OC)c2-c2ccc([S+](C)[O-])c(=O)cc21. The lowest BCUT2D eigenvalue weighted by Crippen LogP contribution is -2.27. The van der Waals surface area contributed by atoms with Crippen molar-refractivity contribution in [1.82, 2.24) is 5.32 Å². The summed E-state index contributed by atoms with van der Waals surface area (Å²) < 4.78 is 22.9. The van der Waals surface area contributed by atoms with E-state index in [-0.39, 0.29) is 33.5 Å². The molecule has 0 saturated heterocycles. The zero-order valence-electron chi connectivity index (χ0n) is 17.9. The highest BCUT2D eigenvalue weighted by molar-refractivity contribution is 7.90. The van der Waals surface area contributed by atoms with Gasteiger partial charge in [-0.05, 0) is 78.0 Å². The van der Waals surface area contributed by atoms with Crippen LogP contribution in [0.4, 0.5) is 0 Å². The molecule has 2 aromatic rings. The second-order valence-corrected chi connectivity index (χ2v) is 8.47. The van der Waals surface area contributed by atoms with Gasteiger partial charge in [0.25, 0.3) is 0 Å². The van der Waals surface area contributed by atoms with E-state index >= 15 is 0 Å². The summed E-state index contributed by atoms with van der Waals surface area (Å²) in [5.74, 6) is 0.0527. The summed E-state index contributed by atoms with van der Waals surface area (Å²) in [7, 11) is 2.90. The van der Waals surface area contributed by atoms with Gasteiger partial charge in [-0.15, -0.1) is 0 Å². The molecule has 2 atom stereocenters. The third-order valence-corrected chi connectivity index (χ3v) is 6.22. The van der Waals surface area contributed by atoms with Gasteiger partial charge in [0.05, 0.1) is 20.3 Å². The number of carbonyl (C=O) groups is 1. The molecule has 8 heteroatoms. The zero-order valence-corrected chi connectivity index (χ0v) is 18.7. The summed E-state index contributed by atoms with van der Waals surface area (Å²) in [4.78, 5) is 25.3. The Kier molecular flexibility index (Phi) is 6.92. The van der Waals surface area contributed by atoms with Crippen molar-refractivity contribution in [2.24, 2.45) is 0 Å². The molecule has 3 rings (SSSR count). The molecular formula is C23H25NO6S. The van der Waals surface area contributed by atoms with Gasteiger partial charge in [-0.25, -0.2) is 0 Å². The monoisotopic (exact) mass is 443 g/mol. The number of phenols is 1. The average molecular weight is 444 g/mol. The highest BCUT2D eigenvalue weighted by atomic mass is 32.2. The number of allylic oxidation sites excluding steroid dienone is 1. The molecule has 0 aliphatic heterocycles. The van der Waals surface area contributed by atoms with Gasteiger partial charge in [0.2, 0.25) is 17.1 Å². The molecule has 0 spiro atoms. The molecule has 0 radical (unpaired) electrons. The van der Waals surface area contributed by atoms with Crippen molar-refractivity contribution in [2.45, 2.75) is 30.7 Å². The van der Waals surface area contributed by atoms with Crippen LogP contribution in [0.25, 0.3) is 11.1 Å². The summed E-state index contributed by atoms with van der Waals surface area (Å²) in [5.41, 5.74) is 2.26. The number of methoxy groups -OCH3 is 2. The fourth-order valence-corrected chi connectivity index (χ4v) is 4.48. The molecule has 2 aromatic carbocycles. The minimum Gasteiger partial charge on any atom is -0.612 e. The average Bonchev–Trinajstić information content (AvgIpc) is 2.97. The quantitative estimate of drug-likeness (QED) is 0.543. The third kappa shape index (κ3) is 4.40. The lowest BCUT2D eigenvalue weighted by Gasteiger charge is -2.18. The Labute approximate surface area is 183 Å². The van der Waals surface area contributed by atoms with E-state index < -0.39 is 17.2 Å². The first-order valence-electron chi connectivity index (χ1n) is 9.74. The second-order valence-electron chi connectivity index (χ2n) is 7.12. The van der Waals surface area contributed by atoms with Crippen molar-refractivity contribution < 1.29 is 23.9 Å². The number of aromatic hydroxyl groups is 1. The number of rotatable bonds is 5. The van der Waals surface area contributed by atoms with Crippen LogP contribution < -0.4 is 20.2 Å². The van der Waals surface area contributed by atoms with E-state index in [9.17, 15) is 19.2 Å². The number of amides is 1. The smallest absolute Gasteiger partial charge is 0.244 e. The zero-order chi connectivity index (χ0) is 22.7. The maximum atomic E-state index is 12.8.